The number of carbonyl (C=O) groups excluding carboxylic acids is 1. The molecule has 1 N–H and O–H groups in total. The third-order valence-corrected chi connectivity index (χ3v) is 6.53. The molecular formula is C21H18FN3O2S2. The van der Waals surface area contributed by atoms with Crippen molar-refractivity contribution in [2.24, 2.45) is 0 Å². The van der Waals surface area contributed by atoms with Gasteiger partial charge in [0.15, 0.2) is 10.1 Å². The largest absolute Gasteiger partial charge is 0.453 e. The topological polar surface area (TPSA) is 68.0 Å². The van der Waals surface area contributed by atoms with Crippen LogP contribution in [0.3, 0.4) is 0 Å². The van der Waals surface area contributed by atoms with Crippen molar-refractivity contribution in [1.82, 2.24) is 10.2 Å². The fourth-order valence-electron chi connectivity index (χ4n) is 2.86. The third-order valence-electron chi connectivity index (χ3n) is 4.44. The van der Waals surface area contributed by atoms with Crippen LogP contribution in [-0.4, -0.2) is 22.5 Å². The Morgan fingerprint density at radius 3 is 2.76 bits per heavy atom. The van der Waals surface area contributed by atoms with Crippen LogP contribution in [0.25, 0.3) is 11.0 Å². The van der Waals surface area contributed by atoms with Crippen LogP contribution in [0.5, 0.6) is 0 Å². The highest BCUT2D eigenvalue weighted by molar-refractivity contribution is 8.00. The van der Waals surface area contributed by atoms with Gasteiger partial charge in [0.25, 0.3) is 0 Å². The first-order chi connectivity index (χ1) is 14.0. The van der Waals surface area contributed by atoms with Crippen molar-refractivity contribution in [2.75, 3.05) is 11.9 Å². The van der Waals surface area contributed by atoms with E-state index >= 15 is 0 Å². The molecule has 8 heteroatoms. The van der Waals surface area contributed by atoms with Gasteiger partial charge in [-0.3, -0.25) is 4.79 Å². The summed E-state index contributed by atoms with van der Waals surface area (Å²) in [6.07, 6.45) is 0. The van der Waals surface area contributed by atoms with Crippen LogP contribution >= 0.6 is 23.1 Å². The maximum Gasteiger partial charge on any atom is 0.217 e. The maximum absolute atomic E-state index is 13.4. The van der Waals surface area contributed by atoms with E-state index in [0.717, 1.165) is 10.1 Å². The SMILES string of the molecule is Cc1ccc(CSc2nnc(NCC(=O)c3oc4ccc(F)cc4c3C)s2)cc1. The Balaban J connectivity index is 1.36. The van der Waals surface area contributed by atoms with Crippen LogP contribution in [-0.2, 0) is 5.75 Å². The molecule has 148 valence electrons. The number of hydrogen-bond donors (Lipinski definition) is 1. The molecule has 4 aromatic rings. The first-order valence-corrected chi connectivity index (χ1v) is 10.8. The van der Waals surface area contributed by atoms with Crippen LogP contribution in [0.2, 0.25) is 0 Å². The number of Topliss-reactive ketones (excluding diaryl/α,β-unsaturated/α-hetero) is 1. The summed E-state index contributed by atoms with van der Waals surface area (Å²) < 4.78 is 19.9. The van der Waals surface area contributed by atoms with Crippen LogP contribution in [0.4, 0.5) is 9.52 Å². The molecule has 0 spiro atoms. The van der Waals surface area contributed by atoms with Crippen LogP contribution in [0, 0.1) is 19.7 Å². The Hall–Kier alpha value is -2.71. The van der Waals surface area contributed by atoms with Gasteiger partial charge < -0.3 is 9.73 Å². The number of furan rings is 1. The van der Waals surface area contributed by atoms with Gasteiger partial charge in [-0.1, -0.05) is 52.9 Å². The number of nitrogens with one attached hydrogen (secondary N) is 1. The quantitative estimate of drug-likeness (QED) is 0.305. The number of carbonyl (C=O) groups is 1. The Morgan fingerprint density at radius 2 is 1.97 bits per heavy atom. The second kappa shape index (κ2) is 8.34. The Morgan fingerprint density at radius 1 is 1.17 bits per heavy atom. The number of halogens is 1. The molecular weight excluding hydrogens is 409 g/mol. The minimum atomic E-state index is -0.358. The van der Waals surface area contributed by atoms with Crippen molar-refractivity contribution in [2.45, 2.75) is 23.9 Å². The summed E-state index contributed by atoms with van der Waals surface area (Å²) in [7, 11) is 0. The zero-order chi connectivity index (χ0) is 20.4. The Bertz CT molecular complexity index is 1170. The molecule has 2 aromatic heterocycles. The lowest BCUT2D eigenvalue weighted by Crippen LogP contribution is -2.14. The number of rotatable bonds is 7. The average molecular weight is 428 g/mol. The zero-order valence-electron chi connectivity index (χ0n) is 15.9. The number of anilines is 1. The number of nitrogens with zero attached hydrogens (tertiary/aromatic N) is 2. The predicted molar refractivity (Wildman–Crippen MR) is 114 cm³/mol. The number of thioether (sulfide) groups is 1. The van der Waals surface area contributed by atoms with Crippen LogP contribution in [0.15, 0.2) is 51.2 Å². The number of aryl methyl sites for hydroxylation is 2. The summed E-state index contributed by atoms with van der Waals surface area (Å²) in [6.45, 7) is 3.84. The molecule has 4 rings (SSSR count). The van der Waals surface area contributed by atoms with Crippen molar-refractivity contribution in [1.29, 1.82) is 0 Å². The second-order valence-electron chi connectivity index (χ2n) is 6.62. The van der Waals surface area contributed by atoms with E-state index in [9.17, 15) is 9.18 Å². The molecule has 0 amide bonds. The van der Waals surface area contributed by atoms with E-state index < -0.39 is 0 Å². The highest BCUT2D eigenvalue weighted by atomic mass is 32.2. The first-order valence-electron chi connectivity index (χ1n) is 8.97. The minimum Gasteiger partial charge on any atom is -0.453 e. The van der Waals surface area contributed by atoms with E-state index in [-0.39, 0.29) is 23.9 Å². The highest BCUT2D eigenvalue weighted by Crippen LogP contribution is 2.29. The molecule has 0 bridgehead atoms. The summed E-state index contributed by atoms with van der Waals surface area (Å²) >= 11 is 3.00. The minimum absolute atomic E-state index is 0.0282. The van der Waals surface area contributed by atoms with E-state index in [1.54, 1.807) is 18.7 Å². The molecule has 0 radical (unpaired) electrons. The average Bonchev–Trinajstić information content (AvgIpc) is 3.30. The molecule has 0 saturated carbocycles. The Kier molecular flexibility index (Phi) is 5.64. The molecule has 29 heavy (non-hydrogen) atoms. The van der Waals surface area contributed by atoms with Crippen molar-refractivity contribution >= 4 is 45.0 Å². The number of hydrogen-bond acceptors (Lipinski definition) is 7. The van der Waals surface area contributed by atoms with Gasteiger partial charge in [-0.25, -0.2) is 4.39 Å². The molecule has 0 atom stereocenters. The van der Waals surface area contributed by atoms with E-state index in [4.69, 9.17) is 4.42 Å². The van der Waals surface area contributed by atoms with Crippen LogP contribution in [0.1, 0.15) is 27.2 Å². The fourth-order valence-corrected chi connectivity index (χ4v) is 4.57. The molecule has 0 saturated heterocycles. The third kappa shape index (κ3) is 4.49. The van der Waals surface area contributed by atoms with Gasteiger partial charge in [0, 0.05) is 16.7 Å². The molecule has 2 aromatic carbocycles. The zero-order valence-corrected chi connectivity index (χ0v) is 17.5. The summed E-state index contributed by atoms with van der Waals surface area (Å²) in [4.78, 5) is 12.5. The van der Waals surface area contributed by atoms with E-state index in [0.29, 0.717) is 21.7 Å². The first kappa shape index (κ1) is 19.6. The molecule has 2 heterocycles. The fraction of sp³-hybridized carbons (Fsp3) is 0.190. The molecule has 0 aliphatic rings. The van der Waals surface area contributed by atoms with Gasteiger partial charge in [-0.05, 0) is 37.6 Å². The second-order valence-corrected chi connectivity index (χ2v) is 8.82. The lowest BCUT2D eigenvalue weighted by atomic mass is 10.1. The normalized spacial score (nSPS) is 11.1. The predicted octanol–water partition coefficient (Wildman–Crippen LogP) is 5.63. The van der Waals surface area contributed by atoms with E-state index in [1.165, 1.54) is 40.7 Å². The van der Waals surface area contributed by atoms with Crippen LogP contribution < -0.4 is 5.32 Å². The summed E-state index contributed by atoms with van der Waals surface area (Å²) in [6, 6.07) is 12.6. The summed E-state index contributed by atoms with van der Waals surface area (Å²) in [5, 5.41) is 12.4. The van der Waals surface area contributed by atoms with Gasteiger partial charge in [0.2, 0.25) is 10.9 Å². The van der Waals surface area contributed by atoms with Crippen molar-refractivity contribution in [3.05, 3.63) is 70.7 Å². The maximum atomic E-state index is 13.4. The van der Waals surface area contributed by atoms with Gasteiger partial charge in [0.1, 0.15) is 11.4 Å². The standard InChI is InChI=1S/C21H18FN3O2S2/c1-12-3-5-14(6-4-12)11-28-21-25-24-20(29-21)23-10-17(26)19-13(2)16-9-15(22)7-8-18(16)27-19/h3-9H,10-11H2,1-2H3,(H,23,24). The van der Waals surface area contributed by atoms with Crippen molar-refractivity contribution in [3.8, 4) is 0 Å². The Labute approximate surface area is 175 Å². The van der Waals surface area contributed by atoms with E-state index in [2.05, 4.69) is 46.7 Å². The smallest absolute Gasteiger partial charge is 0.217 e. The van der Waals surface area contributed by atoms with E-state index in [1.807, 2.05) is 0 Å². The lowest BCUT2D eigenvalue weighted by Gasteiger charge is -2.00. The van der Waals surface area contributed by atoms with Crippen molar-refractivity contribution in [3.63, 3.8) is 0 Å². The summed E-state index contributed by atoms with van der Waals surface area (Å²) in [5.41, 5.74) is 3.59. The monoisotopic (exact) mass is 427 g/mol. The number of fused-ring (bicyclic) bond motifs is 1. The number of aromatic nitrogens is 2. The molecule has 0 aliphatic carbocycles. The molecule has 0 unspecified atom stereocenters. The van der Waals surface area contributed by atoms with Gasteiger partial charge >= 0.3 is 0 Å². The summed E-state index contributed by atoms with van der Waals surface area (Å²) in [5.74, 6) is 0.463. The van der Waals surface area contributed by atoms with Gasteiger partial charge in [0.05, 0.1) is 6.54 Å². The van der Waals surface area contributed by atoms with Gasteiger partial charge in [-0.2, -0.15) is 0 Å². The number of ketones is 1. The van der Waals surface area contributed by atoms with Gasteiger partial charge in [-0.15, -0.1) is 10.2 Å². The lowest BCUT2D eigenvalue weighted by molar-refractivity contribution is 0.0981. The molecule has 5 nitrogen and oxygen atoms in total. The number of benzene rings is 2. The molecule has 0 aliphatic heterocycles. The van der Waals surface area contributed by atoms with Crippen molar-refractivity contribution < 1.29 is 13.6 Å². The highest BCUT2D eigenvalue weighted by Gasteiger charge is 2.18. The molecule has 0 fully saturated rings.